The summed E-state index contributed by atoms with van der Waals surface area (Å²) in [5, 5.41) is 14.5. The number of carbonyl (C=O) groups excluding carboxylic acids is 3. The van der Waals surface area contributed by atoms with E-state index >= 15 is 0 Å². The van der Waals surface area contributed by atoms with Gasteiger partial charge in [0, 0.05) is 22.3 Å². The molecule has 2 aliphatic rings. The average molecular weight is 429 g/mol. The molecule has 5 rings (SSSR count). The average Bonchev–Trinajstić information content (AvgIpc) is 3.22. The number of hydrogen-bond donors (Lipinski definition) is 0. The van der Waals surface area contributed by atoms with Crippen molar-refractivity contribution in [3.05, 3.63) is 137 Å². The lowest BCUT2D eigenvalue weighted by atomic mass is 10.0. The van der Waals surface area contributed by atoms with E-state index in [2.05, 4.69) is 0 Å². The maximum absolute atomic E-state index is 12.7. The molecule has 4 heteroatoms. The van der Waals surface area contributed by atoms with Gasteiger partial charge in [-0.05, 0) is 34.5 Å². The largest absolute Gasteiger partial charge is 0.872 e. The summed E-state index contributed by atoms with van der Waals surface area (Å²) in [4.78, 5) is 37.4. The molecule has 0 spiro atoms. The van der Waals surface area contributed by atoms with Crippen LogP contribution < -0.4 is 5.11 Å². The zero-order chi connectivity index (χ0) is 22.9. The van der Waals surface area contributed by atoms with Crippen molar-refractivity contribution >= 4 is 33.9 Å². The second-order valence-electron chi connectivity index (χ2n) is 7.73. The Morgan fingerprint density at radius 1 is 0.576 bits per heavy atom. The van der Waals surface area contributed by atoms with Crippen LogP contribution in [0, 0.1) is 0 Å². The number of carbonyl (C=O) groups is 3. The number of hydrogen-bond acceptors (Lipinski definition) is 4. The van der Waals surface area contributed by atoms with Crippen molar-refractivity contribution in [2.24, 2.45) is 0 Å². The van der Waals surface area contributed by atoms with Gasteiger partial charge in [0.2, 0.25) is 0 Å². The monoisotopic (exact) mass is 429 g/mol. The number of fused-ring (bicyclic) bond motifs is 3. The third-order valence-corrected chi connectivity index (χ3v) is 5.74. The molecular weight excluding hydrogens is 412 g/mol. The minimum Gasteiger partial charge on any atom is -0.872 e. The fourth-order valence-corrected chi connectivity index (χ4v) is 4.08. The van der Waals surface area contributed by atoms with E-state index < -0.39 is 0 Å². The van der Waals surface area contributed by atoms with E-state index in [1.807, 2.05) is 24.3 Å². The SMILES string of the molecule is O=C1C(=C/C=C/C=C/C=C/C2=C([O-])c3cc4ccccc4cc3C2=O)C(=O)c2ccccc21. The normalized spacial score (nSPS) is 15.6. The Morgan fingerprint density at radius 2 is 1.12 bits per heavy atom. The van der Waals surface area contributed by atoms with Gasteiger partial charge >= 0.3 is 0 Å². The number of allylic oxidation sites excluding steroid dienone is 9. The number of rotatable bonds is 4. The topological polar surface area (TPSA) is 74.3 Å². The summed E-state index contributed by atoms with van der Waals surface area (Å²) in [6.07, 6.45) is 11.3. The van der Waals surface area contributed by atoms with Crippen molar-refractivity contribution in [1.82, 2.24) is 0 Å². The third-order valence-electron chi connectivity index (χ3n) is 5.74. The molecular formula is C29H17O4-. The minimum atomic E-state index is -0.275. The maximum atomic E-state index is 12.7. The van der Waals surface area contributed by atoms with E-state index in [1.54, 1.807) is 66.8 Å². The first-order chi connectivity index (χ1) is 16.1. The minimum absolute atomic E-state index is 0.135. The van der Waals surface area contributed by atoms with Gasteiger partial charge in [0.1, 0.15) is 0 Å². The molecule has 0 saturated heterocycles. The first-order valence-electron chi connectivity index (χ1n) is 10.5. The molecule has 0 aliphatic heterocycles. The Bertz CT molecular complexity index is 1470. The standard InChI is InChI=1S/C29H18O4/c30-26-20-12-8-9-13-21(20)27(31)22(26)14-4-2-1-3-5-15-23-28(32)24-16-18-10-6-7-11-19(18)17-25(24)29(23)33/h1-17,32H/p-1/b3-1+,4-2+,15-5+. The molecule has 0 aromatic heterocycles. The summed E-state index contributed by atoms with van der Waals surface area (Å²) in [7, 11) is 0. The molecule has 33 heavy (non-hydrogen) atoms. The van der Waals surface area contributed by atoms with Crippen molar-refractivity contribution in [2.45, 2.75) is 0 Å². The predicted molar refractivity (Wildman–Crippen MR) is 126 cm³/mol. The Kier molecular flexibility index (Phi) is 5.04. The van der Waals surface area contributed by atoms with Gasteiger partial charge in [-0.2, -0.15) is 0 Å². The Labute approximate surface area is 190 Å². The van der Waals surface area contributed by atoms with Gasteiger partial charge < -0.3 is 5.11 Å². The molecule has 4 nitrogen and oxygen atoms in total. The molecule has 0 N–H and O–H groups in total. The van der Waals surface area contributed by atoms with Crippen molar-refractivity contribution in [3.63, 3.8) is 0 Å². The van der Waals surface area contributed by atoms with Crippen LogP contribution in [-0.4, -0.2) is 17.3 Å². The van der Waals surface area contributed by atoms with E-state index in [9.17, 15) is 19.5 Å². The molecule has 158 valence electrons. The van der Waals surface area contributed by atoms with Crippen LogP contribution in [0.2, 0.25) is 0 Å². The van der Waals surface area contributed by atoms with E-state index in [-0.39, 0.29) is 34.3 Å². The number of ketones is 3. The quantitative estimate of drug-likeness (QED) is 0.340. The highest BCUT2D eigenvalue weighted by Crippen LogP contribution is 2.33. The lowest BCUT2D eigenvalue weighted by Gasteiger charge is -2.10. The van der Waals surface area contributed by atoms with Crippen LogP contribution in [0.4, 0.5) is 0 Å². The predicted octanol–water partition coefficient (Wildman–Crippen LogP) is 4.78. The first-order valence-corrected chi connectivity index (χ1v) is 10.5. The number of Topliss-reactive ketones (excluding diaryl/α,β-unsaturated/α-hetero) is 3. The van der Waals surface area contributed by atoms with Crippen molar-refractivity contribution in [1.29, 1.82) is 0 Å². The lowest BCUT2D eigenvalue weighted by molar-refractivity contribution is -0.244. The van der Waals surface area contributed by atoms with Crippen LogP contribution in [0.25, 0.3) is 16.5 Å². The van der Waals surface area contributed by atoms with Gasteiger partial charge in [0.05, 0.1) is 5.57 Å². The number of benzene rings is 3. The van der Waals surface area contributed by atoms with Crippen molar-refractivity contribution < 1.29 is 19.5 Å². The maximum Gasteiger partial charge on any atom is 0.197 e. The fourth-order valence-electron chi connectivity index (χ4n) is 4.08. The van der Waals surface area contributed by atoms with Crippen LogP contribution in [0.5, 0.6) is 0 Å². The molecule has 3 aromatic rings. The van der Waals surface area contributed by atoms with Crippen LogP contribution in [0.3, 0.4) is 0 Å². The first kappa shape index (κ1) is 20.3. The van der Waals surface area contributed by atoms with Crippen LogP contribution >= 0.6 is 0 Å². The van der Waals surface area contributed by atoms with E-state index in [0.717, 1.165) is 10.8 Å². The Hall–Kier alpha value is -4.57. The van der Waals surface area contributed by atoms with Gasteiger partial charge in [0.25, 0.3) is 0 Å². The van der Waals surface area contributed by atoms with Gasteiger partial charge in [-0.25, -0.2) is 0 Å². The van der Waals surface area contributed by atoms with Crippen molar-refractivity contribution in [3.8, 4) is 0 Å². The van der Waals surface area contributed by atoms with Crippen LogP contribution in [0.15, 0.2) is 114 Å². The molecule has 0 saturated carbocycles. The smallest absolute Gasteiger partial charge is 0.197 e. The highest BCUT2D eigenvalue weighted by molar-refractivity contribution is 6.39. The molecule has 0 fully saturated rings. The molecule has 2 aliphatic carbocycles. The Morgan fingerprint density at radius 3 is 1.79 bits per heavy atom. The molecule has 3 aromatic carbocycles. The summed E-state index contributed by atoms with van der Waals surface area (Å²) in [5.41, 5.74) is 1.99. The van der Waals surface area contributed by atoms with E-state index in [1.165, 1.54) is 12.2 Å². The summed E-state index contributed by atoms with van der Waals surface area (Å²) in [6.45, 7) is 0. The summed E-state index contributed by atoms with van der Waals surface area (Å²) in [5.74, 6) is -1.09. The zero-order valence-electron chi connectivity index (χ0n) is 17.4. The second-order valence-corrected chi connectivity index (χ2v) is 7.73. The van der Waals surface area contributed by atoms with Gasteiger partial charge in [-0.3, -0.25) is 14.4 Å². The highest BCUT2D eigenvalue weighted by atomic mass is 16.3. The van der Waals surface area contributed by atoms with E-state index in [0.29, 0.717) is 22.3 Å². The van der Waals surface area contributed by atoms with Gasteiger partial charge in [0.15, 0.2) is 17.3 Å². The summed E-state index contributed by atoms with van der Waals surface area (Å²) in [6, 6.07) is 17.9. The molecule has 0 bridgehead atoms. The Balaban J connectivity index is 1.29. The van der Waals surface area contributed by atoms with Crippen LogP contribution in [0.1, 0.15) is 36.6 Å². The fraction of sp³-hybridized carbons (Fsp3) is 0. The molecule has 0 unspecified atom stereocenters. The summed E-state index contributed by atoms with van der Waals surface area (Å²) >= 11 is 0. The van der Waals surface area contributed by atoms with Crippen LogP contribution in [-0.2, 0) is 0 Å². The molecule has 0 heterocycles. The highest BCUT2D eigenvalue weighted by Gasteiger charge is 2.31. The van der Waals surface area contributed by atoms with Crippen molar-refractivity contribution in [2.75, 3.05) is 0 Å². The van der Waals surface area contributed by atoms with Gasteiger partial charge in [-0.15, -0.1) is 0 Å². The third kappa shape index (κ3) is 3.48. The summed E-state index contributed by atoms with van der Waals surface area (Å²) < 4.78 is 0. The second kappa shape index (κ2) is 8.17. The zero-order valence-corrected chi connectivity index (χ0v) is 17.4. The molecule has 0 amide bonds. The van der Waals surface area contributed by atoms with E-state index in [4.69, 9.17) is 0 Å². The lowest BCUT2D eigenvalue weighted by Crippen LogP contribution is -2.02. The molecule has 0 atom stereocenters. The molecule has 0 radical (unpaired) electrons. The van der Waals surface area contributed by atoms with Gasteiger partial charge in [-0.1, -0.05) is 90.7 Å².